The van der Waals surface area contributed by atoms with E-state index in [1.54, 1.807) is 12.1 Å². The van der Waals surface area contributed by atoms with E-state index in [4.69, 9.17) is 0 Å². The van der Waals surface area contributed by atoms with E-state index in [-0.39, 0.29) is 47.5 Å². The molecule has 0 unspecified atom stereocenters. The molecule has 0 N–H and O–H groups in total. The van der Waals surface area contributed by atoms with Gasteiger partial charge in [0.1, 0.15) is 20.2 Å². The number of aryl methyl sites for hydroxylation is 2. The topological polar surface area (TPSA) is 114 Å². The number of hydrogen-bond acceptors (Lipinski definition) is 6. The summed E-state index contributed by atoms with van der Waals surface area (Å²) >= 11 is 0. The van der Waals surface area contributed by atoms with Gasteiger partial charge in [0, 0.05) is 11.1 Å². The first-order valence-corrected chi connectivity index (χ1v) is 24.2. The van der Waals surface area contributed by atoms with Crippen molar-refractivity contribution < 1.29 is 25.9 Å². The first-order chi connectivity index (χ1) is 27.1. The number of rotatable bonds is 26. The van der Waals surface area contributed by atoms with Crippen LogP contribution in [0.5, 0.6) is 0 Å². The Morgan fingerprint density at radius 1 is 0.368 bits per heavy atom. The molecule has 0 aliphatic carbocycles. The van der Waals surface area contributed by atoms with Gasteiger partial charge in [-0.1, -0.05) is 214 Å². The quantitative estimate of drug-likeness (QED) is 0.0353. The maximum atomic E-state index is 11.8. The Kier molecular flexibility index (Phi) is 26.2. The summed E-state index contributed by atoms with van der Waals surface area (Å²) < 4.78 is 70.6. The van der Waals surface area contributed by atoms with Crippen molar-refractivity contribution in [3.05, 3.63) is 108 Å². The molecule has 0 saturated carbocycles. The molecule has 9 heteroatoms. The zero-order chi connectivity index (χ0) is 40.5. The zero-order valence-electron chi connectivity index (χ0n) is 34.8. The van der Waals surface area contributed by atoms with Gasteiger partial charge in [0.25, 0.3) is 0 Å². The van der Waals surface area contributed by atoms with Crippen LogP contribution in [0, 0.1) is 0 Å². The predicted molar refractivity (Wildman–Crippen MR) is 237 cm³/mol. The van der Waals surface area contributed by atoms with Gasteiger partial charge in [0.2, 0.25) is 0 Å². The third-order valence-electron chi connectivity index (χ3n) is 10.5. The SMILES string of the molecule is CCCCCCCCCCCCc1cccc(S(=O)(=O)[O-])c1-c1ccccc1.CCCCCCCCCCCCc1cccc(S(=O)(=O)[O-])c1-c1ccccc1.[Ca+2]. The molecule has 6 nitrogen and oxygen atoms in total. The van der Waals surface area contributed by atoms with E-state index in [0.29, 0.717) is 11.1 Å². The zero-order valence-corrected chi connectivity index (χ0v) is 38.6. The van der Waals surface area contributed by atoms with Crippen LogP contribution in [0.3, 0.4) is 0 Å². The van der Waals surface area contributed by atoms with Gasteiger partial charge < -0.3 is 9.11 Å². The van der Waals surface area contributed by atoms with E-state index in [1.165, 1.54) is 115 Å². The molecule has 4 aromatic rings. The van der Waals surface area contributed by atoms with E-state index in [1.807, 2.05) is 72.8 Å². The van der Waals surface area contributed by atoms with E-state index < -0.39 is 20.2 Å². The van der Waals surface area contributed by atoms with E-state index in [0.717, 1.165) is 60.8 Å². The average Bonchev–Trinajstić information content (AvgIpc) is 3.19. The summed E-state index contributed by atoms with van der Waals surface area (Å²) in [6.07, 6.45) is 26.9. The molecule has 4 rings (SSSR count). The molecule has 0 aliphatic rings. The van der Waals surface area contributed by atoms with Crippen LogP contribution in [0.4, 0.5) is 0 Å². The number of unbranched alkanes of at least 4 members (excludes halogenated alkanes) is 18. The monoisotopic (exact) mass is 842 g/mol. The van der Waals surface area contributed by atoms with Gasteiger partial charge >= 0.3 is 37.7 Å². The Morgan fingerprint density at radius 3 is 0.930 bits per heavy atom. The van der Waals surface area contributed by atoms with Crippen LogP contribution in [-0.2, 0) is 33.1 Å². The molecule has 57 heavy (non-hydrogen) atoms. The van der Waals surface area contributed by atoms with Crippen LogP contribution >= 0.6 is 0 Å². The Bertz CT molecular complexity index is 1740. The Morgan fingerprint density at radius 2 is 0.649 bits per heavy atom. The standard InChI is InChI=1S/2C24H34O3S.Ca/c2*1-2-3-4-5-6-7-8-9-10-12-16-22-19-15-20-23(28(25,26)27)24(22)21-17-13-11-14-18-21;/h2*11,13-15,17-20H,2-10,12,16H2,1H3,(H,25,26,27);/q;;+2/p-2. The van der Waals surface area contributed by atoms with Crippen LogP contribution in [-0.4, -0.2) is 63.7 Å². The van der Waals surface area contributed by atoms with Gasteiger partial charge in [-0.3, -0.25) is 0 Å². The minimum absolute atomic E-state index is 0. The van der Waals surface area contributed by atoms with Gasteiger partial charge in [0.15, 0.2) is 0 Å². The number of benzene rings is 4. The van der Waals surface area contributed by atoms with Crippen molar-refractivity contribution in [1.82, 2.24) is 0 Å². The molecule has 0 aliphatic heterocycles. The molecule has 308 valence electrons. The second-order valence-corrected chi connectivity index (χ2v) is 17.8. The molecule has 0 fully saturated rings. The summed E-state index contributed by atoms with van der Waals surface area (Å²) in [6, 6.07) is 28.8. The molecule has 4 aromatic carbocycles. The van der Waals surface area contributed by atoms with Crippen LogP contribution in [0.1, 0.15) is 153 Å². The summed E-state index contributed by atoms with van der Waals surface area (Å²) in [4.78, 5) is -0.216. The van der Waals surface area contributed by atoms with Crippen molar-refractivity contribution in [2.75, 3.05) is 0 Å². The summed E-state index contributed by atoms with van der Waals surface area (Å²) in [5.74, 6) is 0. The molecular formula is C48H66CaO6S2. The van der Waals surface area contributed by atoms with Gasteiger partial charge in [-0.25, -0.2) is 16.8 Å². The largest absolute Gasteiger partial charge is 2.00 e. The second-order valence-electron chi connectivity index (χ2n) is 15.1. The predicted octanol–water partition coefficient (Wildman–Crippen LogP) is 13.1. The van der Waals surface area contributed by atoms with E-state index in [2.05, 4.69) is 13.8 Å². The first-order valence-electron chi connectivity index (χ1n) is 21.3. The fraction of sp³-hybridized carbons (Fsp3) is 0.500. The molecular weight excluding hydrogens is 777 g/mol. The van der Waals surface area contributed by atoms with Crippen molar-refractivity contribution in [2.24, 2.45) is 0 Å². The summed E-state index contributed by atoms with van der Waals surface area (Å²) in [6.45, 7) is 4.48. The second kappa shape index (κ2) is 29.2. The Labute approximate surface area is 376 Å². The summed E-state index contributed by atoms with van der Waals surface area (Å²) in [5, 5.41) is 0. The molecule has 0 amide bonds. The first kappa shape index (κ1) is 51.1. The fourth-order valence-corrected chi connectivity index (χ4v) is 8.95. The van der Waals surface area contributed by atoms with Gasteiger partial charge in [-0.2, -0.15) is 0 Å². The number of hydrogen-bond donors (Lipinski definition) is 0. The molecule has 0 radical (unpaired) electrons. The van der Waals surface area contributed by atoms with Crippen LogP contribution < -0.4 is 0 Å². The average molecular weight is 843 g/mol. The maximum absolute atomic E-state index is 11.8. The van der Waals surface area contributed by atoms with Gasteiger partial charge in [-0.15, -0.1) is 0 Å². The van der Waals surface area contributed by atoms with Crippen LogP contribution in [0.2, 0.25) is 0 Å². The molecule has 0 heterocycles. The Hall–Kier alpha value is -2.04. The molecule has 0 saturated heterocycles. The third-order valence-corrected chi connectivity index (χ3v) is 12.2. The van der Waals surface area contributed by atoms with E-state index >= 15 is 0 Å². The third kappa shape index (κ3) is 19.7. The van der Waals surface area contributed by atoms with Crippen LogP contribution in [0.15, 0.2) is 107 Å². The fourth-order valence-electron chi connectivity index (χ4n) is 7.46. The van der Waals surface area contributed by atoms with Crippen molar-refractivity contribution in [3.63, 3.8) is 0 Å². The summed E-state index contributed by atoms with van der Waals surface area (Å²) in [7, 11) is -9.01. The Balaban J connectivity index is 0.000000387. The van der Waals surface area contributed by atoms with Crippen molar-refractivity contribution in [2.45, 2.75) is 165 Å². The van der Waals surface area contributed by atoms with E-state index in [9.17, 15) is 25.9 Å². The van der Waals surface area contributed by atoms with Crippen molar-refractivity contribution >= 4 is 58.0 Å². The minimum atomic E-state index is -4.51. The molecule has 0 atom stereocenters. The minimum Gasteiger partial charge on any atom is -0.744 e. The van der Waals surface area contributed by atoms with Gasteiger partial charge in [-0.05, 0) is 60.1 Å². The van der Waals surface area contributed by atoms with Gasteiger partial charge in [0.05, 0.1) is 9.79 Å². The van der Waals surface area contributed by atoms with Crippen LogP contribution in [0.25, 0.3) is 22.3 Å². The maximum Gasteiger partial charge on any atom is 2.00 e. The van der Waals surface area contributed by atoms with Crippen molar-refractivity contribution in [1.29, 1.82) is 0 Å². The molecule has 0 aromatic heterocycles. The molecule has 0 spiro atoms. The normalized spacial score (nSPS) is 11.4. The molecule has 0 bridgehead atoms. The smallest absolute Gasteiger partial charge is 0.744 e. The van der Waals surface area contributed by atoms with Crippen molar-refractivity contribution in [3.8, 4) is 22.3 Å². The summed E-state index contributed by atoms with van der Waals surface area (Å²) in [5.41, 5.74) is 4.63.